The van der Waals surface area contributed by atoms with Crippen molar-refractivity contribution in [3.63, 3.8) is 0 Å². The van der Waals surface area contributed by atoms with Crippen molar-refractivity contribution >= 4 is 34.8 Å². The average molecular weight is 303 g/mol. The fraction of sp³-hybridized carbons (Fsp3) is 0.500. The number of amides is 1. The largest absolute Gasteiger partial charge is 0.322 e. The molecule has 0 saturated carbocycles. The van der Waals surface area contributed by atoms with E-state index in [1.54, 1.807) is 18.2 Å². The van der Waals surface area contributed by atoms with Gasteiger partial charge in [0.25, 0.3) is 0 Å². The Bertz CT molecular complexity index is 400. The van der Waals surface area contributed by atoms with Gasteiger partial charge < -0.3 is 10.6 Å². The molecule has 0 radical (unpaired) electrons. The zero-order valence-corrected chi connectivity index (χ0v) is 12.8. The van der Waals surface area contributed by atoms with Crippen LogP contribution in [-0.2, 0) is 4.79 Å². The maximum Gasteiger partial charge on any atom is 0.238 e. The predicted molar refractivity (Wildman–Crippen MR) is 82.0 cm³/mol. The van der Waals surface area contributed by atoms with Crippen LogP contribution in [0.3, 0.4) is 0 Å². The average Bonchev–Trinajstić information content (AvgIpc) is 2.39. The van der Waals surface area contributed by atoms with Crippen LogP contribution in [0.25, 0.3) is 0 Å². The summed E-state index contributed by atoms with van der Waals surface area (Å²) in [5.74, 6) is 0.470. The van der Waals surface area contributed by atoms with Gasteiger partial charge in [-0.1, -0.05) is 56.0 Å². The van der Waals surface area contributed by atoms with E-state index in [9.17, 15) is 4.79 Å². The van der Waals surface area contributed by atoms with Crippen molar-refractivity contribution in [1.29, 1.82) is 0 Å². The monoisotopic (exact) mass is 302 g/mol. The van der Waals surface area contributed by atoms with E-state index >= 15 is 0 Å². The first-order valence-corrected chi connectivity index (χ1v) is 7.28. The zero-order chi connectivity index (χ0) is 14.3. The van der Waals surface area contributed by atoms with Crippen molar-refractivity contribution in [3.05, 3.63) is 28.2 Å². The molecule has 0 saturated heterocycles. The van der Waals surface area contributed by atoms with Crippen LogP contribution in [0.4, 0.5) is 5.69 Å². The molecule has 0 unspecified atom stereocenters. The van der Waals surface area contributed by atoms with Crippen molar-refractivity contribution < 1.29 is 4.79 Å². The Balaban J connectivity index is 2.43. The summed E-state index contributed by atoms with van der Waals surface area (Å²) in [4.78, 5) is 11.8. The molecule has 1 amide bonds. The highest BCUT2D eigenvalue weighted by atomic mass is 35.5. The summed E-state index contributed by atoms with van der Waals surface area (Å²) >= 11 is 12.0. The molecule has 1 rings (SSSR count). The summed E-state index contributed by atoms with van der Waals surface area (Å²) in [5, 5.41) is 6.76. The van der Waals surface area contributed by atoms with Crippen molar-refractivity contribution in [2.45, 2.75) is 26.7 Å². The molecule has 0 spiro atoms. The summed E-state index contributed by atoms with van der Waals surface area (Å²) in [6, 6.07) is 5.13. The summed E-state index contributed by atoms with van der Waals surface area (Å²) in [7, 11) is 0. The van der Waals surface area contributed by atoms with Gasteiger partial charge >= 0.3 is 0 Å². The molecule has 5 heteroatoms. The Kier molecular flexibility index (Phi) is 7.21. The molecule has 0 heterocycles. The molecule has 2 N–H and O–H groups in total. The standard InChI is InChI=1S/C14H20Cl2N2O/c1-3-10(4-2)8-17-9-13(19)18-14-11(15)6-5-7-12(14)16/h5-7,10,17H,3-4,8-9H2,1-2H3,(H,18,19). The number of hydrogen-bond donors (Lipinski definition) is 2. The minimum Gasteiger partial charge on any atom is -0.322 e. The molecule has 1 aromatic rings. The smallest absolute Gasteiger partial charge is 0.238 e. The maximum absolute atomic E-state index is 11.8. The van der Waals surface area contributed by atoms with Gasteiger partial charge in [0.15, 0.2) is 0 Å². The summed E-state index contributed by atoms with van der Waals surface area (Å²) in [6.07, 6.45) is 2.23. The Labute approximate surface area is 124 Å². The zero-order valence-electron chi connectivity index (χ0n) is 11.3. The molecule has 19 heavy (non-hydrogen) atoms. The SMILES string of the molecule is CCC(CC)CNCC(=O)Nc1c(Cl)cccc1Cl. The summed E-state index contributed by atoms with van der Waals surface area (Å²) in [6.45, 7) is 5.41. The fourth-order valence-electron chi connectivity index (χ4n) is 1.77. The van der Waals surface area contributed by atoms with Gasteiger partial charge in [-0.3, -0.25) is 4.79 Å². The molecule has 3 nitrogen and oxygen atoms in total. The number of carbonyl (C=O) groups is 1. The van der Waals surface area contributed by atoms with Gasteiger partial charge in [0.2, 0.25) is 5.91 Å². The first-order chi connectivity index (χ1) is 9.08. The number of anilines is 1. The highest BCUT2D eigenvalue weighted by Crippen LogP contribution is 2.29. The highest BCUT2D eigenvalue weighted by molar-refractivity contribution is 6.39. The van der Waals surface area contributed by atoms with Crippen LogP contribution in [0.5, 0.6) is 0 Å². The summed E-state index contributed by atoms with van der Waals surface area (Å²) in [5.41, 5.74) is 0.472. The molecule has 0 fully saturated rings. The van der Waals surface area contributed by atoms with Gasteiger partial charge in [-0.25, -0.2) is 0 Å². The lowest BCUT2D eigenvalue weighted by Crippen LogP contribution is -2.31. The van der Waals surface area contributed by atoms with Crippen molar-refractivity contribution in [2.24, 2.45) is 5.92 Å². The van der Waals surface area contributed by atoms with Gasteiger partial charge in [-0.15, -0.1) is 0 Å². The molecule has 0 aliphatic heterocycles. The maximum atomic E-state index is 11.8. The van der Waals surface area contributed by atoms with Crippen LogP contribution in [0.15, 0.2) is 18.2 Å². The van der Waals surface area contributed by atoms with E-state index in [1.165, 1.54) is 0 Å². The topological polar surface area (TPSA) is 41.1 Å². The second-order valence-electron chi connectivity index (χ2n) is 4.46. The van der Waals surface area contributed by atoms with Crippen LogP contribution in [0.1, 0.15) is 26.7 Å². The number of benzene rings is 1. The second kappa shape index (κ2) is 8.41. The number of hydrogen-bond acceptors (Lipinski definition) is 2. The van der Waals surface area contributed by atoms with Gasteiger partial charge in [-0.2, -0.15) is 0 Å². The van der Waals surface area contributed by atoms with Crippen LogP contribution in [0, 0.1) is 5.92 Å². The van der Waals surface area contributed by atoms with E-state index in [0.717, 1.165) is 19.4 Å². The molecule has 0 aliphatic rings. The number of para-hydroxylation sites is 1. The van der Waals surface area contributed by atoms with Gasteiger partial charge in [0.05, 0.1) is 22.3 Å². The molecule has 0 atom stereocenters. The molecule has 0 bridgehead atoms. The number of carbonyl (C=O) groups excluding carboxylic acids is 1. The molecule has 1 aromatic carbocycles. The normalized spacial score (nSPS) is 10.8. The van der Waals surface area contributed by atoms with Crippen molar-refractivity contribution in [2.75, 3.05) is 18.4 Å². The van der Waals surface area contributed by atoms with E-state index in [2.05, 4.69) is 24.5 Å². The minimum absolute atomic E-state index is 0.138. The predicted octanol–water partition coefficient (Wildman–Crippen LogP) is 3.96. The Morgan fingerprint density at radius 2 is 1.79 bits per heavy atom. The molecule has 106 valence electrons. The Morgan fingerprint density at radius 3 is 2.32 bits per heavy atom. The van der Waals surface area contributed by atoms with Gasteiger partial charge in [-0.05, 0) is 24.6 Å². The Morgan fingerprint density at radius 1 is 1.21 bits per heavy atom. The van der Waals surface area contributed by atoms with E-state index in [0.29, 0.717) is 21.7 Å². The lowest BCUT2D eigenvalue weighted by Gasteiger charge is -2.13. The molecule has 0 aliphatic carbocycles. The lowest BCUT2D eigenvalue weighted by molar-refractivity contribution is -0.115. The summed E-state index contributed by atoms with van der Waals surface area (Å²) < 4.78 is 0. The van der Waals surface area contributed by atoms with E-state index in [-0.39, 0.29) is 12.5 Å². The fourth-order valence-corrected chi connectivity index (χ4v) is 2.26. The number of halogens is 2. The highest BCUT2D eigenvalue weighted by Gasteiger charge is 2.10. The van der Waals surface area contributed by atoms with Crippen LogP contribution in [0.2, 0.25) is 10.0 Å². The first-order valence-electron chi connectivity index (χ1n) is 6.53. The quantitative estimate of drug-likeness (QED) is 0.800. The van der Waals surface area contributed by atoms with Crippen LogP contribution >= 0.6 is 23.2 Å². The molecular weight excluding hydrogens is 283 g/mol. The van der Waals surface area contributed by atoms with E-state index in [4.69, 9.17) is 23.2 Å². The number of nitrogens with one attached hydrogen (secondary N) is 2. The van der Waals surface area contributed by atoms with Gasteiger partial charge in [0, 0.05) is 0 Å². The number of rotatable bonds is 7. The first kappa shape index (κ1) is 16.3. The van der Waals surface area contributed by atoms with Crippen molar-refractivity contribution in [1.82, 2.24) is 5.32 Å². The van der Waals surface area contributed by atoms with Crippen molar-refractivity contribution in [3.8, 4) is 0 Å². The second-order valence-corrected chi connectivity index (χ2v) is 5.27. The third-order valence-corrected chi connectivity index (χ3v) is 3.73. The van der Waals surface area contributed by atoms with E-state index < -0.39 is 0 Å². The van der Waals surface area contributed by atoms with Gasteiger partial charge in [0.1, 0.15) is 0 Å². The minimum atomic E-state index is -0.138. The lowest BCUT2D eigenvalue weighted by atomic mass is 10.0. The van der Waals surface area contributed by atoms with Crippen LogP contribution < -0.4 is 10.6 Å². The molecular formula is C14H20Cl2N2O. The third kappa shape index (κ3) is 5.39. The molecule has 0 aromatic heterocycles. The Hall–Kier alpha value is -0.770. The van der Waals surface area contributed by atoms with Crippen LogP contribution in [-0.4, -0.2) is 19.0 Å². The van der Waals surface area contributed by atoms with E-state index in [1.807, 2.05) is 0 Å². The third-order valence-electron chi connectivity index (χ3n) is 3.10.